The fourth-order valence-corrected chi connectivity index (χ4v) is 4.46. The van der Waals surface area contributed by atoms with Gasteiger partial charge < -0.3 is 24.4 Å². The summed E-state index contributed by atoms with van der Waals surface area (Å²) in [6.45, 7) is 0.734. The number of nitrogens with zero attached hydrogens (tertiary/aromatic N) is 1. The number of ether oxygens (including phenoxy) is 3. The Morgan fingerprint density at radius 2 is 2.06 bits per heavy atom. The Kier molecular flexibility index (Phi) is 6.11. The summed E-state index contributed by atoms with van der Waals surface area (Å²) >= 11 is 9.20. The van der Waals surface area contributed by atoms with Gasteiger partial charge in [0.05, 0.1) is 17.3 Å². The van der Waals surface area contributed by atoms with E-state index in [-0.39, 0.29) is 24.4 Å². The van der Waals surface area contributed by atoms with Crippen LogP contribution in [0.2, 0.25) is 0 Å². The summed E-state index contributed by atoms with van der Waals surface area (Å²) in [5.74, 6) is 1.00. The average Bonchev–Trinajstić information content (AvgIpc) is 3.19. The number of hydrogen-bond acceptors (Lipinski definition) is 6. The number of amides is 1. The van der Waals surface area contributed by atoms with E-state index in [9.17, 15) is 9.59 Å². The number of nitrogens with one attached hydrogen (secondary N) is 1. The van der Waals surface area contributed by atoms with Crippen molar-refractivity contribution in [2.75, 3.05) is 38.7 Å². The highest BCUT2D eigenvalue weighted by molar-refractivity contribution is 9.10. The summed E-state index contributed by atoms with van der Waals surface area (Å²) in [6, 6.07) is 6.78. The van der Waals surface area contributed by atoms with Crippen LogP contribution in [0.5, 0.6) is 17.2 Å². The predicted molar refractivity (Wildman–Crippen MR) is 121 cm³/mol. The van der Waals surface area contributed by atoms with Crippen LogP contribution in [0.25, 0.3) is 6.08 Å². The molecule has 0 bridgehead atoms. The van der Waals surface area contributed by atoms with Gasteiger partial charge in [0.1, 0.15) is 5.88 Å². The highest BCUT2D eigenvalue weighted by atomic mass is 79.9. The van der Waals surface area contributed by atoms with E-state index in [0.717, 1.165) is 15.6 Å². The zero-order chi connectivity index (χ0) is 22.1. The minimum absolute atomic E-state index is 0.114. The molecule has 0 aliphatic carbocycles. The molecule has 0 spiro atoms. The van der Waals surface area contributed by atoms with Crippen molar-refractivity contribution in [2.45, 2.75) is 6.42 Å². The van der Waals surface area contributed by atoms with Gasteiger partial charge in [0.2, 0.25) is 24.2 Å². The van der Waals surface area contributed by atoms with Gasteiger partial charge in [-0.1, -0.05) is 12.1 Å². The van der Waals surface area contributed by atoms with Crippen molar-refractivity contribution >= 4 is 51.0 Å². The molecular formula is C22H20BrClN2O5. The van der Waals surface area contributed by atoms with Gasteiger partial charge in [0.25, 0.3) is 0 Å². The fourth-order valence-electron chi connectivity index (χ4n) is 3.69. The third-order valence-corrected chi connectivity index (χ3v) is 6.29. The van der Waals surface area contributed by atoms with Crippen LogP contribution in [0.3, 0.4) is 0 Å². The number of carbonyl (C=O) groups is 2. The van der Waals surface area contributed by atoms with Crippen LogP contribution in [0.4, 0.5) is 5.69 Å². The van der Waals surface area contributed by atoms with E-state index in [1.807, 2.05) is 18.0 Å². The lowest BCUT2D eigenvalue weighted by Gasteiger charge is -2.20. The van der Waals surface area contributed by atoms with Gasteiger partial charge in [0.15, 0.2) is 11.5 Å². The van der Waals surface area contributed by atoms with Crippen LogP contribution in [0, 0.1) is 0 Å². The molecule has 9 heteroatoms. The summed E-state index contributed by atoms with van der Waals surface area (Å²) in [4.78, 5) is 27.0. The minimum atomic E-state index is -0.336. The molecule has 162 valence electrons. The number of alkyl halides is 1. The SMILES string of the molecule is COc1c2c(c(Br)c3c1OCO3)CCN(C)C(C(=O)c1cccc(NC(=O)CCl)c1)=C2. The predicted octanol–water partition coefficient (Wildman–Crippen LogP) is 4.08. The number of carbonyl (C=O) groups excluding carboxylic acids is 2. The van der Waals surface area contributed by atoms with Gasteiger partial charge in [-0.15, -0.1) is 11.6 Å². The van der Waals surface area contributed by atoms with Crippen LogP contribution in [-0.2, 0) is 11.2 Å². The number of halogens is 2. The molecule has 2 aromatic carbocycles. The molecule has 0 atom stereocenters. The molecule has 2 aliphatic heterocycles. The molecule has 0 saturated carbocycles. The first kappa shape index (κ1) is 21.5. The molecule has 1 amide bonds. The van der Waals surface area contributed by atoms with Gasteiger partial charge in [-0.05, 0) is 46.1 Å². The number of anilines is 1. The standard InChI is InChI=1S/C22H20BrClN2O5/c1-26-7-6-14-15(20(29-2)22-21(18(14)23)30-11-31-22)9-16(26)19(28)12-4-3-5-13(8-12)25-17(27)10-24/h3-5,8-9H,6-7,10-11H2,1-2H3,(H,25,27). The van der Waals surface area contributed by atoms with Crippen molar-refractivity contribution in [1.82, 2.24) is 4.90 Å². The van der Waals surface area contributed by atoms with Crippen LogP contribution in [0.15, 0.2) is 34.4 Å². The van der Waals surface area contributed by atoms with Gasteiger partial charge in [-0.25, -0.2) is 0 Å². The quantitative estimate of drug-likeness (QED) is 0.486. The first-order valence-electron chi connectivity index (χ1n) is 9.56. The Bertz CT molecular complexity index is 1100. The highest BCUT2D eigenvalue weighted by Gasteiger charge is 2.31. The Morgan fingerprint density at radius 1 is 1.29 bits per heavy atom. The molecule has 1 N–H and O–H groups in total. The maximum Gasteiger partial charge on any atom is 0.239 e. The molecule has 0 unspecified atom stereocenters. The monoisotopic (exact) mass is 506 g/mol. The maximum absolute atomic E-state index is 13.4. The molecule has 4 rings (SSSR count). The summed E-state index contributed by atoms with van der Waals surface area (Å²) in [7, 11) is 3.44. The Hall–Kier alpha value is -2.71. The highest BCUT2D eigenvalue weighted by Crippen LogP contribution is 2.51. The van der Waals surface area contributed by atoms with Crippen molar-refractivity contribution in [1.29, 1.82) is 0 Å². The summed E-state index contributed by atoms with van der Waals surface area (Å²) in [5, 5.41) is 2.67. The lowest BCUT2D eigenvalue weighted by molar-refractivity contribution is -0.113. The number of fused-ring (bicyclic) bond motifs is 2. The summed E-state index contributed by atoms with van der Waals surface area (Å²) in [6.07, 6.45) is 2.50. The zero-order valence-electron chi connectivity index (χ0n) is 17.0. The second kappa shape index (κ2) is 8.80. The number of allylic oxidation sites excluding steroid dienone is 1. The largest absolute Gasteiger partial charge is 0.492 e. The van der Waals surface area contributed by atoms with E-state index in [2.05, 4.69) is 21.2 Å². The minimum Gasteiger partial charge on any atom is -0.492 e. The first-order valence-corrected chi connectivity index (χ1v) is 10.9. The van der Waals surface area contributed by atoms with E-state index in [1.165, 1.54) is 0 Å². The molecule has 0 aromatic heterocycles. The Morgan fingerprint density at radius 3 is 2.81 bits per heavy atom. The summed E-state index contributed by atoms with van der Waals surface area (Å²) < 4.78 is 17.7. The second-order valence-corrected chi connectivity index (χ2v) is 8.16. The van der Waals surface area contributed by atoms with Crippen molar-refractivity contribution in [3.8, 4) is 17.2 Å². The number of likely N-dealkylation sites (N-methyl/N-ethyl adjacent to an activating group) is 1. The number of methoxy groups -OCH3 is 1. The van der Waals surface area contributed by atoms with Gasteiger partial charge in [-0.2, -0.15) is 0 Å². The molecule has 7 nitrogen and oxygen atoms in total. The van der Waals surface area contributed by atoms with Gasteiger partial charge in [0, 0.05) is 30.4 Å². The smallest absolute Gasteiger partial charge is 0.239 e. The molecule has 0 saturated heterocycles. The molecule has 2 heterocycles. The molecule has 31 heavy (non-hydrogen) atoms. The van der Waals surface area contributed by atoms with Crippen molar-refractivity contribution in [3.63, 3.8) is 0 Å². The number of Topliss-reactive ketones (excluding diaryl/α,β-unsaturated/α-hetero) is 1. The van der Waals surface area contributed by atoms with Crippen LogP contribution in [-0.4, -0.2) is 50.0 Å². The number of hydrogen-bond donors (Lipinski definition) is 1. The van der Waals surface area contributed by atoms with Gasteiger partial charge in [-0.3, -0.25) is 9.59 Å². The number of benzene rings is 2. The van der Waals surface area contributed by atoms with Gasteiger partial charge >= 0.3 is 0 Å². The van der Waals surface area contributed by atoms with E-state index in [1.54, 1.807) is 31.4 Å². The van der Waals surface area contributed by atoms with Crippen molar-refractivity contribution < 1.29 is 23.8 Å². The van der Waals surface area contributed by atoms with Crippen LogP contribution >= 0.6 is 27.5 Å². The van der Waals surface area contributed by atoms with Crippen molar-refractivity contribution in [2.24, 2.45) is 0 Å². The third-order valence-electron chi connectivity index (χ3n) is 5.21. The molecule has 0 radical (unpaired) electrons. The van der Waals surface area contributed by atoms with E-state index >= 15 is 0 Å². The second-order valence-electron chi connectivity index (χ2n) is 7.10. The first-order chi connectivity index (χ1) is 14.9. The molecular weight excluding hydrogens is 488 g/mol. The zero-order valence-corrected chi connectivity index (χ0v) is 19.3. The van der Waals surface area contributed by atoms with E-state index in [0.29, 0.717) is 47.2 Å². The van der Waals surface area contributed by atoms with Crippen molar-refractivity contribution in [3.05, 3.63) is 51.1 Å². The molecule has 0 fully saturated rings. The average molecular weight is 508 g/mol. The Balaban J connectivity index is 1.79. The van der Waals surface area contributed by atoms with E-state index in [4.69, 9.17) is 25.8 Å². The van der Waals surface area contributed by atoms with Crippen LogP contribution in [0.1, 0.15) is 21.5 Å². The lowest BCUT2D eigenvalue weighted by atomic mass is 10.0. The van der Waals surface area contributed by atoms with Crippen LogP contribution < -0.4 is 19.5 Å². The normalized spacial score (nSPS) is 14.5. The number of ketones is 1. The third kappa shape index (κ3) is 3.97. The lowest BCUT2D eigenvalue weighted by Crippen LogP contribution is -2.24. The Labute approximate surface area is 193 Å². The summed E-state index contributed by atoms with van der Waals surface area (Å²) in [5.41, 5.74) is 3.23. The topological polar surface area (TPSA) is 77.1 Å². The van der Waals surface area contributed by atoms with E-state index < -0.39 is 0 Å². The maximum atomic E-state index is 13.4. The molecule has 2 aromatic rings. The fraction of sp³-hybridized carbons (Fsp3) is 0.273. The number of rotatable bonds is 5. The molecule has 2 aliphatic rings.